The Bertz CT molecular complexity index is 616. The fraction of sp³-hybridized carbons (Fsp3) is 0.529. The third-order valence-electron chi connectivity index (χ3n) is 4.76. The van der Waals surface area contributed by atoms with Crippen molar-refractivity contribution in [1.82, 2.24) is 9.80 Å². The number of carbonyl (C=O) groups excluding carboxylic acids is 2. The van der Waals surface area contributed by atoms with Crippen molar-refractivity contribution in [1.29, 1.82) is 0 Å². The van der Waals surface area contributed by atoms with Gasteiger partial charge in [0.15, 0.2) is 0 Å². The van der Waals surface area contributed by atoms with Gasteiger partial charge >= 0.3 is 6.03 Å². The van der Waals surface area contributed by atoms with Gasteiger partial charge in [0.2, 0.25) is 5.91 Å². The summed E-state index contributed by atoms with van der Waals surface area (Å²) < 4.78 is 13.1. The van der Waals surface area contributed by atoms with E-state index in [0.717, 1.165) is 17.7 Å². The molecule has 2 aliphatic rings. The van der Waals surface area contributed by atoms with Crippen molar-refractivity contribution in [3.8, 4) is 0 Å². The molecule has 1 aromatic carbocycles. The van der Waals surface area contributed by atoms with Crippen molar-refractivity contribution in [2.24, 2.45) is 5.92 Å². The lowest BCUT2D eigenvalue weighted by molar-refractivity contribution is -0.122. The van der Waals surface area contributed by atoms with E-state index in [1.54, 1.807) is 4.90 Å². The Morgan fingerprint density at radius 3 is 2.74 bits per heavy atom. The quantitative estimate of drug-likeness (QED) is 0.911. The molecule has 23 heavy (non-hydrogen) atoms. The van der Waals surface area contributed by atoms with Crippen LogP contribution < -0.4 is 5.32 Å². The number of para-hydroxylation sites is 1. The molecule has 3 amide bonds. The topological polar surface area (TPSA) is 52.7 Å². The lowest BCUT2D eigenvalue weighted by Crippen LogP contribution is -2.60. The minimum atomic E-state index is -0.950. The monoisotopic (exact) mass is 319 g/mol. The van der Waals surface area contributed by atoms with Gasteiger partial charge in [-0.1, -0.05) is 38.5 Å². The molecular formula is C17H22FN3O2. The molecule has 6 heteroatoms. The van der Waals surface area contributed by atoms with E-state index in [0.29, 0.717) is 6.54 Å². The largest absolute Gasteiger partial charge is 0.324 e. The number of amides is 3. The molecule has 0 radical (unpaired) electrons. The minimum absolute atomic E-state index is 0.0238. The van der Waals surface area contributed by atoms with Crippen molar-refractivity contribution in [2.75, 3.05) is 18.4 Å². The fourth-order valence-electron chi connectivity index (χ4n) is 3.15. The number of nitrogens with one attached hydrogen (secondary N) is 1. The van der Waals surface area contributed by atoms with Crippen LogP contribution in [0, 0.1) is 5.92 Å². The van der Waals surface area contributed by atoms with Crippen molar-refractivity contribution < 1.29 is 14.0 Å². The molecule has 1 fully saturated rings. The third kappa shape index (κ3) is 2.90. The summed E-state index contributed by atoms with van der Waals surface area (Å²) in [4.78, 5) is 28.5. The van der Waals surface area contributed by atoms with Crippen LogP contribution >= 0.6 is 0 Å². The molecule has 2 atom stereocenters. The number of benzene rings is 1. The second kappa shape index (κ2) is 6.18. The van der Waals surface area contributed by atoms with Gasteiger partial charge < -0.3 is 15.1 Å². The van der Waals surface area contributed by atoms with Crippen molar-refractivity contribution in [3.05, 3.63) is 29.8 Å². The molecule has 2 aliphatic heterocycles. The highest BCUT2D eigenvalue weighted by atomic mass is 19.1. The number of anilines is 1. The maximum atomic E-state index is 13.1. The molecule has 1 N–H and O–H groups in total. The van der Waals surface area contributed by atoms with Gasteiger partial charge in [-0.2, -0.15) is 0 Å². The Morgan fingerprint density at radius 1 is 1.39 bits per heavy atom. The first-order chi connectivity index (χ1) is 11.0. The summed E-state index contributed by atoms with van der Waals surface area (Å²) in [6, 6.07) is 6.70. The molecule has 1 saturated heterocycles. The zero-order chi connectivity index (χ0) is 16.6. The summed E-state index contributed by atoms with van der Waals surface area (Å²) in [6.45, 7) is 4.56. The molecule has 0 saturated carbocycles. The molecule has 0 aliphatic carbocycles. The van der Waals surface area contributed by atoms with E-state index >= 15 is 0 Å². The lowest BCUT2D eigenvalue weighted by atomic mass is 9.97. The summed E-state index contributed by atoms with van der Waals surface area (Å²) >= 11 is 0. The Labute approximate surface area is 135 Å². The van der Waals surface area contributed by atoms with Crippen LogP contribution in [0.2, 0.25) is 0 Å². The summed E-state index contributed by atoms with van der Waals surface area (Å²) in [5.74, 6) is -0.148. The number of carbonyl (C=O) groups is 2. The predicted molar refractivity (Wildman–Crippen MR) is 85.7 cm³/mol. The van der Waals surface area contributed by atoms with Crippen LogP contribution in [0.1, 0.15) is 25.8 Å². The average molecular weight is 319 g/mol. The number of fused-ring (bicyclic) bond motifs is 1. The van der Waals surface area contributed by atoms with Crippen LogP contribution in [-0.2, 0) is 11.3 Å². The van der Waals surface area contributed by atoms with Gasteiger partial charge in [-0.15, -0.1) is 0 Å². The van der Waals surface area contributed by atoms with Gasteiger partial charge in [0.1, 0.15) is 12.2 Å². The SMILES string of the molecule is CCC(C)C1C(=O)Nc2ccccc2CN1C(=O)N1CC(F)C1. The predicted octanol–water partition coefficient (Wildman–Crippen LogP) is 2.63. The first-order valence-electron chi connectivity index (χ1n) is 8.09. The number of hydrogen-bond donors (Lipinski definition) is 1. The van der Waals surface area contributed by atoms with Gasteiger partial charge in [-0.05, 0) is 17.5 Å². The molecule has 124 valence electrons. The van der Waals surface area contributed by atoms with Gasteiger partial charge in [-0.25, -0.2) is 9.18 Å². The molecule has 1 aromatic rings. The number of halogens is 1. The molecule has 0 aromatic heterocycles. The van der Waals surface area contributed by atoms with Crippen LogP contribution in [0.25, 0.3) is 0 Å². The summed E-state index contributed by atoms with van der Waals surface area (Å²) in [5, 5.41) is 2.93. The summed E-state index contributed by atoms with van der Waals surface area (Å²) in [7, 11) is 0. The van der Waals surface area contributed by atoms with Gasteiger partial charge in [-0.3, -0.25) is 4.79 Å². The number of hydrogen-bond acceptors (Lipinski definition) is 2. The van der Waals surface area contributed by atoms with Crippen molar-refractivity contribution >= 4 is 17.6 Å². The van der Waals surface area contributed by atoms with Gasteiger partial charge in [0, 0.05) is 5.69 Å². The van der Waals surface area contributed by atoms with E-state index in [9.17, 15) is 14.0 Å². The maximum absolute atomic E-state index is 13.1. The van der Waals surface area contributed by atoms with E-state index in [1.807, 2.05) is 38.1 Å². The van der Waals surface area contributed by atoms with Crippen LogP contribution in [0.3, 0.4) is 0 Å². The van der Waals surface area contributed by atoms with E-state index in [2.05, 4.69) is 5.32 Å². The fourth-order valence-corrected chi connectivity index (χ4v) is 3.15. The molecule has 2 heterocycles. The molecule has 5 nitrogen and oxygen atoms in total. The number of rotatable bonds is 2. The second-order valence-electron chi connectivity index (χ2n) is 6.39. The molecule has 2 unspecified atom stereocenters. The van der Waals surface area contributed by atoms with Crippen LogP contribution in [-0.4, -0.2) is 47.0 Å². The highest BCUT2D eigenvalue weighted by Crippen LogP contribution is 2.29. The third-order valence-corrected chi connectivity index (χ3v) is 4.76. The Kier molecular flexibility index (Phi) is 4.24. The van der Waals surface area contributed by atoms with E-state index < -0.39 is 12.2 Å². The second-order valence-corrected chi connectivity index (χ2v) is 6.39. The maximum Gasteiger partial charge on any atom is 0.321 e. The van der Waals surface area contributed by atoms with Crippen molar-refractivity contribution in [2.45, 2.75) is 39.0 Å². The summed E-state index contributed by atoms with van der Waals surface area (Å²) in [5.41, 5.74) is 1.64. The number of alkyl halides is 1. The Balaban J connectivity index is 1.93. The standard InChI is InChI=1S/C17H22FN3O2/c1-3-11(2)15-16(22)19-14-7-5-4-6-12(14)8-21(15)17(23)20-9-13(18)10-20/h4-7,11,13,15H,3,8-10H2,1-2H3,(H,19,22). The Hall–Kier alpha value is -2.11. The molecular weight excluding hydrogens is 297 g/mol. The molecule has 0 spiro atoms. The lowest BCUT2D eigenvalue weighted by Gasteiger charge is -2.41. The average Bonchev–Trinajstić information content (AvgIpc) is 2.66. The zero-order valence-corrected chi connectivity index (χ0v) is 13.5. The number of urea groups is 1. The van der Waals surface area contributed by atoms with Gasteiger partial charge in [0.25, 0.3) is 0 Å². The summed E-state index contributed by atoms with van der Waals surface area (Å²) in [6.07, 6.45) is -0.168. The van der Waals surface area contributed by atoms with Crippen LogP contribution in [0.15, 0.2) is 24.3 Å². The first-order valence-corrected chi connectivity index (χ1v) is 8.09. The van der Waals surface area contributed by atoms with Crippen molar-refractivity contribution in [3.63, 3.8) is 0 Å². The smallest absolute Gasteiger partial charge is 0.321 e. The van der Waals surface area contributed by atoms with Gasteiger partial charge in [0.05, 0.1) is 19.6 Å². The van der Waals surface area contributed by atoms with E-state index in [-0.39, 0.29) is 30.9 Å². The van der Waals surface area contributed by atoms with E-state index in [1.165, 1.54) is 4.90 Å². The Morgan fingerprint density at radius 2 is 2.09 bits per heavy atom. The zero-order valence-electron chi connectivity index (χ0n) is 13.5. The normalized spacial score (nSPS) is 22.7. The van der Waals surface area contributed by atoms with Crippen LogP contribution in [0.5, 0.6) is 0 Å². The minimum Gasteiger partial charge on any atom is -0.324 e. The molecule has 0 bridgehead atoms. The highest BCUT2D eigenvalue weighted by Gasteiger charge is 2.41. The van der Waals surface area contributed by atoms with E-state index in [4.69, 9.17) is 0 Å². The first kappa shape index (κ1) is 15.8. The molecule has 3 rings (SSSR count). The number of likely N-dealkylation sites (tertiary alicyclic amines) is 1. The number of nitrogens with zero attached hydrogens (tertiary/aromatic N) is 2. The van der Waals surface area contributed by atoms with Crippen LogP contribution in [0.4, 0.5) is 14.9 Å². The highest BCUT2D eigenvalue weighted by molar-refractivity contribution is 5.98.